The highest BCUT2D eigenvalue weighted by Crippen LogP contribution is 2.33. The Hall–Kier alpha value is -4.34. The first-order valence-electron chi connectivity index (χ1n) is 12.0. The van der Waals surface area contributed by atoms with Crippen LogP contribution < -0.4 is 10.1 Å². The second-order valence-electron chi connectivity index (χ2n) is 9.20. The molecule has 38 heavy (non-hydrogen) atoms. The Morgan fingerprint density at radius 3 is 2.55 bits per heavy atom. The van der Waals surface area contributed by atoms with Gasteiger partial charge in [-0.2, -0.15) is 18.3 Å². The number of nitrogens with zero attached hydrogens (tertiary/aromatic N) is 4. The SMILES string of the molecule is COc1cc(-n2nc(C(F)(F)F)cc2C)ccc1CNc1nc(-c2ccccc2C(C)C)nc2ccoc12. The second-order valence-corrected chi connectivity index (χ2v) is 9.20. The molecule has 2 aromatic carbocycles. The lowest BCUT2D eigenvalue weighted by Crippen LogP contribution is -2.08. The first kappa shape index (κ1) is 25.3. The maximum atomic E-state index is 13.1. The monoisotopic (exact) mass is 521 g/mol. The third kappa shape index (κ3) is 4.81. The van der Waals surface area contributed by atoms with E-state index in [2.05, 4.69) is 30.3 Å². The van der Waals surface area contributed by atoms with Crippen LogP contribution in [0.5, 0.6) is 5.75 Å². The number of aromatic nitrogens is 4. The van der Waals surface area contributed by atoms with Gasteiger partial charge in [-0.05, 0) is 30.5 Å². The second kappa shape index (κ2) is 9.85. The molecule has 0 spiro atoms. The molecule has 196 valence electrons. The van der Waals surface area contributed by atoms with Gasteiger partial charge in [-0.15, -0.1) is 0 Å². The number of methoxy groups -OCH3 is 1. The normalized spacial score (nSPS) is 11.9. The Morgan fingerprint density at radius 2 is 1.84 bits per heavy atom. The fourth-order valence-electron chi connectivity index (χ4n) is 4.37. The average molecular weight is 522 g/mol. The minimum absolute atomic E-state index is 0.291. The van der Waals surface area contributed by atoms with Crippen LogP contribution in [0.4, 0.5) is 19.0 Å². The number of aryl methyl sites for hydroxylation is 1. The van der Waals surface area contributed by atoms with Crippen molar-refractivity contribution in [3.05, 3.63) is 83.4 Å². The summed E-state index contributed by atoms with van der Waals surface area (Å²) in [5.74, 6) is 1.90. The van der Waals surface area contributed by atoms with Gasteiger partial charge in [0.15, 0.2) is 22.9 Å². The van der Waals surface area contributed by atoms with Crippen LogP contribution in [0.15, 0.2) is 65.3 Å². The van der Waals surface area contributed by atoms with Gasteiger partial charge in [-0.25, -0.2) is 14.6 Å². The van der Waals surface area contributed by atoms with Gasteiger partial charge >= 0.3 is 6.18 Å². The highest BCUT2D eigenvalue weighted by Gasteiger charge is 2.34. The molecule has 0 unspecified atom stereocenters. The van der Waals surface area contributed by atoms with Gasteiger partial charge in [0.2, 0.25) is 0 Å². The zero-order valence-corrected chi connectivity index (χ0v) is 21.3. The Bertz CT molecular complexity index is 1600. The fraction of sp³-hybridized carbons (Fsp3) is 0.250. The Balaban J connectivity index is 1.46. The molecule has 1 N–H and O–H groups in total. The highest BCUT2D eigenvalue weighted by molar-refractivity contribution is 5.85. The molecule has 5 rings (SSSR count). The van der Waals surface area contributed by atoms with Crippen LogP contribution in [0.25, 0.3) is 28.2 Å². The molecule has 5 aromatic rings. The van der Waals surface area contributed by atoms with E-state index >= 15 is 0 Å². The summed E-state index contributed by atoms with van der Waals surface area (Å²) in [5, 5.41) is 7.05. The molecule has 0 aliphatic carbocycles. The van der Waals surface area contributed by atoms with Crippen LogP contribution in [0.3, 0.4) is 0 Å². The highest BCUT2D eigenvalue weighted by atomic mass is 19.4. The number of nitrogens with one attached hydrogen (secondary N) is 1. The third-order valence-corrected chi connectivity index (χ3v) is 6.27. The molecule has 0 aliphatic rings. The van der Waals surface area contributed by atoms with E-state index in [4.69, 9.17) is 19.1 Å². The first-order valence-corrected chi connectivity index (χ1v) is 12.0. The number of hydrogen-bond donors (Lipinski definition) is 1. The van der Waals surface area contributed by atoms with Crippen molar-refractivity contribution in [1.29, 1.82) is 0 Å². The van der Waals surface area contributed by atoms with Gasteiger partial charge < -0.3 is 14.5 Å². The topological polar surface area (TPSA) is 78.0 Å². The van der Waals surface area contributed by atoms with Crippen molar-refractivity contribution in [2.75, 3.05) is 12.4 Å². The standard InChI is InChI=1S/C28H26F3N5O2/c1-16(2)20-7-5-6-8-21(20)26-33-22-11-12-38-25(22)27(34-26)32-15-18-9-10-19(14-23(18)37-4)36-17(3)13-24(35-36)28(29,30)31/h5-14,16H,15H2,1-4H3,(H,32,33,34). The fourth-order valence-corrected chi connectivity index (χ4v) is 4.37. The maximum Gasteiger partial charge on any atom is 0.435 e. The van der Waals surface area contributed by atoms with Crippen LogP contribution in [0.1, 0.15) is 42.3 Å². The number of ether oxygens (including phenoxy) is 1. The van der Waals surface area contributed by atoms with E-state index in [-0.39, 0.29) is 0 Å². The van der Waals surface area contributed by atoms with Gasteiger partial charge in [-0.3, -0.25) is 0 Å². The number of hydrogen-bond acceptors (Lipinski definition) is 6. The average Bonchev–Trinajstić information content (AvgIpc) is 3.53. The van der Waals surface area contributed by atoms with Crippen LogP contribution in [0, 0.1) is 6.92 Å². The summed E-state index contributed by atoms with van der Waals surface area (Å²) >= 11 is 0. The zero-order valence-electron chi connectivity index (χ0n) is 21.3. The first-order chi connectivity index (χ1) is 18.2. The van der Waals surface area contributed by atoms with Crippen LogP contribution in [-0.2, 0) is 12.7 Å². The smallest absolute Gasteiger partial charge is 0.435 e. The molecule has 0 radical (unpaired) electrons. The molecule has 0 amide bonds. The molecule has 0 saturated carbocycles. The number of rotatable bonds is 7. The van der Waals surface area contributed by atoms with E-state index in [1.165, 1.54) is 11.8 Å². The van der Waals surface area contributed by atoms with E-state index in [0.717, 1.165) is 22.8 Å². The lowest BCUT2D eigenvalue weighted by molar-refractivity contribution is -0.141. The summed E-state index contributed by atoms with van der Waals surface area (Å²) in [6.07, 6.45) is -2.95. The van der Waals surface area contributed by atoms with Crippen LogP contribution in [0.2, 0.25) is 0 Å². The largest absolute Gasteiger partial charge is 0.496 e. The maximum absolute atomic E-state index is 13.1. The van der Waals surface area contributed by atoms with E-state index < -0.39 is 11.9 Å². The molecular formula is C28H26F3N5O2. The lowest BCUT2D eigenvalue weighted by atomic mass is 9.97. The van der Waals surface area contributed by atoms with Crippen molar-refractivity contribution < 1.29 is 22.3 Å². The number of anilines is 1. The van der Waals surface area contributed by atoms with Crippen molar-refractivity contribution in [3.8, 4) is 22.8 Å². The number of fused-ring (bicyclic) bond motifs is 1. The summed E-state index contributed by atoms with van der Waals surface area (Å²) in [7, 11) is 1.51. The Labute approximate surface area is 217 Å². The molecule has 3 aromatic heterocycles. The lowest BCUT2D eigenvalue weighted by Gasteiger charge is -2.15. The summed E-state index contributed by atoms with van der Waals surface area (Å²) in [4.78, 5) is 9.49. The van der Waals surface area contributed by atoms with Gasteiger partial charge in [0, 0.05) is 35.5 Å². The summed E-state index contributed by atoms with van der Waals surface area (Å²) in [5.41, 5.74) is 3.94. The van der Waals surface area contributed by atoms with Crippen molar-refractivity contribution in [3.63, 3.8) is 0 Å². The molecular weight excluding hydrogens is 495 g/mol. The van der Waals surface area contributed by atoms with E-state index in [1.54, 1.807) is 37.5 Å². The quantitative estimate of drug-likeness (QED) is 0.245. The van der Waals surface area contributed by atoms with Gasteiger partial charge in [0.1, 0.15) is 11.3 Å². The van der Waals surface area contributed by atoms with E-state index in [0.29, 0.717) is 52.3 Å². The predicted molar refractivity (Wildman–Crippen MR) is 139 cm³/mol. The summed E-state index contributed by atoms with van der Waals surface area (Å²) in [6, 6.07) is 16.0. The molecule has 7 nitrogen and oxygen atoms in total. The minimum atomic E-state index is -4.52. The van der Waals surface area contributed by atoms with Gasteiger partial charge in [0.05, 0.1) is 19.1 Å². The Kier molecular flexibility index (Phi) is 6.56. The van der Waals surface area contributed by atoms with Crippen molar-refractivity contribution in [2.45, 2.75) is 39.4 Å². The number of halogens is 3. The van der Waals surface area contributed by atoms with Gasteiger partial charge in [0.25, 0.3) is 0 Å². The molecule has 0 bridgehead atoms. The molecule has 0 atom stereocenters. The number of alkyl halides is 3. The van der Waals surface area contributed by atoms with Crippen LogP contribution >= 0.6 is 0 Å². The minimum Gasteiger partial charge on any atom is -0.496 e. The zero-order chi connectivity index (χ0) is 27.0. The number of benzene rings is 2. The van der Waals surface area contributed by atoms with Crippen molar-refractivity contribution >= 4 is 16.9 Å². The van der Waals surface area contributed by atoms with E-state index in [9.17, 15) is 13.2 Å². The number of furan rings is 1. The van der Waals surface area contributed by atoms with Crippen molar-refractivity contribution in [1.82, 2.24) is 19.7 Å². The molecule has 0 fully saturated rings. The molecule has 3 heterocycles. The third-order valence-electron chi connectivity index (χ3n) is 6.27. The predicted octanol–water partition coefficient (Wildman–Crippen LogP) is 7.15. The van der Waals surface area contributed by atoms with Crippen LogP contribution in [-0.4, -0.2) is 26.9 Å². The molecule has 10 heteroatoms. The van der Waals surface area contributed by atoms with Crippen molar-refractivity contribution in [2.24, 2.45) is 0 Å². The van der Waals surface area contributed by atoms with Gasteiger partial charge in [-0.1, -0.05) is 44.2 Å². The summed E-state index contributed by atoms with van der Waals surface area (Å²) < 4.78 is 51.8. The summed E-state index contributed by atoms with van der Waals surface area (Å²) in [6.45, 7) is 6.15. The molecule has 0 aliphatic heterocycles. The van der Waals surface area contributed by atoms with E-state index in [1.807, 2.05) is 18.2 Å². The Morgan fingerprint density at radius 1 is 1.05 bits per heavy atom. The molecule has 0 saturated heterocycles.